The highest BCUT2D eigenvalue weighted by Crippen LogP contribution is 2.09. The molecule has 0 atom stereocenters. The molecule has 0 saturated heterocycles. The van der Waals surface area contributed by atoms with Gasteiger partial charge in [-0.15, -0.1) is 0 Å². The Morgan fingerprint density at radius 2 is 1.06 bits per heavy atom. The molecule has 1 radical (unpaired) electrons. The molecule has 0 aromatic rings. The predicted molar refractivity (Wildman–Crippen MR) is 83.7 cm³/mol. The molecule has 0 fully saturated rings. The van der Waals surface area contributed by atoms with Crippen LogP contribution in [-0.4, -0.2) is 0 Å². The summed E-state index contributed by atoms with van der Waals surface area (Å²) in [5, 5.41) is 0. The Labute approximate surface area is 116 Å². The van der Waals surface area contributed by atoms with Crippen LogP contribution in [0, 0.1) is 6.58 Å². The van der Waals surface area contributed by atoms with Crippen LogP contribution in [0.4, 0.5) is 0 Å². The van der Waals surface area contributed by atoms with Crippen LogP contribution in [0.15, 0.2) is 18.2 Å². The van der Waals surface area contributed by atoms with Gasteiger partial charge in [0.1, 0.15) is 0 Å². The molecule has 0 heteroatoms. The van der Waals surface area contributed by atoms with Gasteiger partial charge in [-0.25, -0.2) is 0 Å². The van der Waals surface area contributed by atoms with Crippen LogP contribution in [0.1, 0.15) is 90.4 Å². The molecule has 0 N–H and O–H groups in total. The fourth-order valence-electron chi connectivity index (χ4n) is 2.16. The van der Waals surface area contributed by atoms with E-state index in [1.165, 1.54) is 77.0 Å². The van der Waals surface area contributed by atoms with Gasteiger partial charge < -0.3 is 0 Å². The van der Waals surface area contributed by atoms with Crippen molar-refractivity contribution in [2.45, 2.75) is 90.4 Å². The van der Waals surface area contributed by atoms with Gasteiger partial charge in [-0.05, 0) is 38.5 Å². The maximum atomic E-state index is 5.34. The van der Waals surface area contributed by atoms with Gasteiger partial charge in [-0.1, -0.05) is 76.7 Å². The first-order valence-electron chi connectivity index (χ1n) is 8.10. The van der Waals surface area contributed by atoms with E-state index >= 15 is 0 Å². The maximum Gasteiger partial charge on any atom is -0.0348 e. The van der Waals surface area contributed by atoms with E-state index in [1.54, 1.807) is 6.08 Å². The molecule has 0 aromatic heterocycles. The Morgan fingerprint density at radius 1 is 0.611 bits per heavy atom. The van der Waals surface area contributed by atoms with E-state index in [-0.39, 0.29) is 0 Å². The van der Waals surface area contributed by atoms with Crippen molar-refractivity contribution in [3.63, 3.8) is 0 Å². The molecule has 0 heterocycles. The van der Waals surface area contributed by atoms with Crippen molar-refractivity contribution < 1.29 is 0 Å². The lowest BCUT2D eigenvalue weighted by atomic mass is 10.1. The largest absolute Gasteiger partial charge is 0.0885 e. The molecule has 18 heavy (non-hydrogen) atoms. The zero-order valence-corrected chi connectivity index (χ0v) is 12.5. The summed E-state index contributed by atoms with van der Waals surface area (Å²) in [6.07, 6.45) is 23.9. The number of unbranched alkanes of at least 4 members (excludes halogenated alkanes) is 11. The summed E-state index contributed by atoms with van der Waals surface area (Å²) in [6.45, 7) is 7.61. The Kier molecular flexibility index (Phi) is 16.0. The van der Waals surface area contributed by atoms with Gasteiger partial charge in [0.25, 0.3) is 0 Å². The van der Waals surface area contributed by atoms with E-state index in [2.05, 4.69) is 19.1 Å². The molecule has 0 saturated carbocycles. The first-order valence-corrected chi connectivity index (χ1v) is 8.10. The monoisotopic (exact) mass is 249 g/mol. The topological polar surface area (TPSA) is 0 Å². The summed E-state index contributed by atoms with van der Waals surface area (Å²) in [5.41, 5.74) is 0. The second-order valence-electron chi connectivity index (χ2n) is 5.26. The molecule has 0 amide bonds. The Bertz CT molecular complexity index is 178. The van der Waals surface area contributed by atoms with Crippen LogP contribution in [-0.2, 0) is 0 Å². The van der Waals surface area contributed by atoms with Crippen LogP contribution in [0.5, 0.6) is 0 Å². The summed E-state index contributed by atoms with van der Waals surface area (Å²) in [6, 6.07) is 0. The Hall–Kier alpha value is -0.520. The van der Waals surface area contributed by atoms with E-state index < -0.39 is 0 Å². The normalized spacial score (nSPS) is 11.2. The third kappa shape index (κ3) is 15.5. The van der Waals surface area contributed by atoms with Crippen LogP contribution < -0.4 is 0 Å². The van der Waals surface area contributed by atoms with Crippen molar-refractivity contribution in [2.24, 2.45) is 0 Å². The molecule has 0 bridgehead atoms. The van der Waals surface area contributed by atoms with Gasteiger partial charge in [0.15, 0.2) is 0 Å². The molecular formula is C18H33. The lowest BCUT2D eigenvalue weighted by Gasteiger charge is -1.98. The highest BCUT2D eigenvalue weighted by atomic mass is 14.0. The number of hydrogen-bond donors (Lipinski definition) is 0. The third-order valence-electron chi connectivity index (χ3n) is 3.38. The molecule has 0 aromatic carbocycles. The minimum atomic E-state index is 1.08. The van der Waals surface area contributed by atoms with Crippen molar-refractivity contribution in [2.75, 3.05) is 0 Å². The van der Waals surface area contributed by atoms with E-state index in [0.717, 1.165) is 6.42 Å². The van der Waals surface area contributed by atoms with Crippen molar-refractivity contribution in [1.82, 2.24) is 0 Å². The average molecular weight is 249 g/mol. The minimum Gasteiger partial charge on any atom is -0.0885 e. The first kappa shape index (κ1) is 17.5. The van der Waals surface area contributed by atoms with Gasteiger partial charge in [0, 0.05) is 0 Å². The molecule has 0 nitrogen and oxygen atoms in total. The maximum absolute atomic E-state index is 5.34. The van der Waals surface area contributed by atoms with E-state index in [9.17, 15) is 0 Å². The van der Waals surface area contributed by atoms with E-state index in [1.807, 2.05) is 0 Å². The molecule has 0 unspecified atom stereocenters. The number of allylic oxidation sites excluding steroid dienone is 3. The van der Waals surface area contributed by atoms with Crippen LogP contribution in [0.3, 0.4) is 0 Å². The zero-order valence-electron chi connectivity index (χ0n) is 12.5. The van der Waals surface area contributed by atoms with E-state index in [0.29, 0.717) is 0 Å². The Balaban J connectivity index is 3.02. The smallest absolute Gasteiger partial charge is 0.0348 e. The highest BCUT2D eigenvalue weighted by Gasteiger charge is 1.89. The summed E-state index contributed by atoms with van der Waals surface area (Å²) in [4.78, 5) is 0. The van der Waals surface area contributed by atoms with Crippen molar-refractivity contribution >= 4 is 0 Å². The van der Waals surface area contributed by atoms with Crippen molar-refractivity contribution in [3.8, 4) is 0 Å². The first-order chi connectivity index (χ1) is 8.91. The van der Waals surface area contributed by atoms with Gasteiger partial charge >= 0.3 is 0 Å². The summed E-state index contributed by atoms with van der Waals surface area (Å²) in [7, 11) is 0. The standard InChI is InChI=1S/C18H33/c1-3-5-7-9-11-13-15-17-18-16-14-12-10-8-6-4-2/h1,3,17-18H,4-16H2,2H3/b3-1?,18-17+. The molecular weight excluding hydrogens is 216 g/mol. The molecule has 0 spiro atoms. The summed E-state index contributed by atoms with van der Waals surface area (Å²) in [5.74, 6) is 0. The van der Waals surface area contributed by atoms with Crippen molar-refractivity contribution in [3.05, 3.63) is 24.8 Å². The van der Waals surface area contributed by atoms with E-state index in [4.69, 9.17) is 6.58 Å². The zero-order chi connectivity index (χ0) is 13.3. The minimum absolute atomic E-state index is 1.08. The van der Waals surface area contributed by atoms with Crippen LogP contribution >= 0.6 is 0 Å². The van der Waals surface area contributed by atoms with Gasteiger partial charge in [0.05, 0.1) is 0 Å². The van der Waals surface area contributed by atoms with Crippen LogP contribution in [0.25, 0.3) is 0 Å². The van der Waals surface area contributed by atoms with Gasteiger partial charge in [-0.3, -0.25) is 0 Å². The second-order valence-corrected chi connectivity index (χ2v) is 5.26. The quantitative estimate of drug-likeness (QED) is 0.239. The lowest BCUT2D eigenvalue weighted by Crippen LogP contribution is -1.78. The molecule has 0 aliphatic heterocycles. The van der Waals surface area contributed by atoms with Gasteiger partial charge in [0.2, 0.25) is 0 Å². The third-order valence-corrected chi connectivity index (χ3v) is 3.38. The lowest BCUT2D eigenvalue weighted by molar-refractivity contribution is 0.610. The molecule has 0 aliphatic carbocycles. The van der Waals surface area contributed by atoms with Gasteiger partial charge in [-0.2, -0.15) is 0 Å². The summed E-state index contributed by atoms with van der Waals surface area (Å²) < 4.78 is 0. The molecule has 105 valence electrons. The fraction of sp³-hybridized carbons (Fsp3) is 0.778. The number of hydrogen-bond acceptors (Lipinski definition) is 0. The van der Waals surface area contributed by atoms with Crippen LogP contribution in [0.2, 0.25) is 0 Å². The summed E-state index contributed by atoms with van der Waals surface area (Å²) >= 11 is 0. The molecule has 0 rings (SSSR count). The van der Waals surface area contributed by atoms with Crippen molar-refractivity contribution in [1.29, 1.82) is 0 Å². The SMILES string of the molecule is [CH]=CCCCCCC/C=C/CCCCCCCC. The highest BCUT2D eigenvalue weighted by molar-refractivity contribution is 4.81. The number of rotatable bonds is 14. The Morgan fingerprint density at radius 3 is 1.56 bits per heavy atom. The predicted octanol–water partition coefficient (Wildman–Crippen LogP) is 6.62. The average Bonchev–Trinajstić information content (AvgIpc) is 2.39. The molecule has 0 aliphatic rings. The second kappa shape index (κ2) is 16.5. The fourth-order valence-corrected chi connectivity index (χ4v) is 2.16.